The molecule has 0 saturated heterocycles. The zero-order valence-corrected chi connectivity index (χ0v) is 27.6. The van der Waals surface area contributed by atoms with Gasteiger partial charge in [0.15, 0.2) is 0 Å². The lowest BCUT2D eigenvalue weighted by Gasteiger charge is -2.27. The summed E-state index contributed by atoms with van der Waals surface area (Å²) in [5.41, 5.74) is 3.79. The molecular weight excluding hydrogens is 655 g/mol. The van der Waals surface area contributed by atoms with Gasteiger partial charge in [-0.3, -0.25) is 19.3 Å². The van der Waals surface area contributed by atoms with Gasteiger partial charge in [-0.05, 0) is 67.1 Å². The average Bonchev–Trinajstić information content (AvgIpc) is 3.50. The molecule has 0 bridgehead atoms. The first-order valence-electron chi connectivity index (χ1n) is 14.9. The van der Waals surface area contributed by atoms with Crippen molar-refractivity contribution in [1.29, 1.82) is 5.26 Å². The molecule has 0 atom stereocenters. The third kappa shape index (κ3) is 8.01. The first kappa shape index (κ1) is 34.1. The van der Waals surface area contributed by atoms with E-state index in [4.69, 9.17) is 42.5 Å². The largest absolute Gasteiger partial charge is 0.489 e. The summed E-state index contributed by atoms with van der Waals surface area (Å²) in [6, 6.07) is 24.0. The van der Waals surface area contributed by atoms with Gasteiger partial charge in [0.25, 0.3) is 11.8 Å². The number of hydrogen-bond acceptors (Lipinski definition) is 8. The highest BCUT2D eigenvalue weighted by atomic mass is 35.5. The molecule has 1 aliphatic heterocycles. The normalized spacial score (nSPS) is 14.0. The lowest BCUT2D eigenvalue weighted by molar-refractivity contribution is -0.142. The summed E-state index contributed by atoms with van der Waals surface area (Å²) in [6.07, 6.45) is 3.43. The number of hydrogen-bond donors (Lipinski definition) is 0. The number of esters is 1. The number of para-hydroxylation sites is 1. The predicted molar refractivity (Wildman–Crippen MR) is 180 cm³/mol. The molecule has 2 amide bonds. The maximum absolute atomic E-state index is 13.7. The van der Waals surface area contributed by atoms with E-state index in [-0.39, 0.29) is 49.7 Å². The highest BCUT2D eigenvalue weighted by Gasteiger charge is 2.35. The number of aromatic nitrogens is 2. The second-order valence-electron chi connectivity index (χ2n) is 10.6. The van der Waals surface area contributed by atoms with Crippen molar-refractivity contribution in [2.24, 2.45) is 0 Å². The van der Waals surface area contributed by atoms with Crippen molar-refractivity contribution in [3.8, 4) is 28.8 Å². The van der Waals surface area contributed by atoms with Crippen LogP contribution in [0.15, 0.2) is 95.7 Å². The molecule has 0 radical (unpaired) electrons. The minimum Gasteiger partial charge on any atom is -0.489 e. The molecule has 0 N–H and O–H groups in total. The molecule has 0 unspecified atom stereocenters. The van der Waals surface area contributed by atoms with Crippen LogP contribution in [0.2, 0.25) is 10.0 Å². The summed E-state index contributed by atoms with van der Waals surface area (Å²) in [6.45, 7) is 3.16. The van der Waals surface area contributed by atoms with Gasteiger partial charge in [0, 0.05) is 45.4 Å². The van der Waals surface area contributed by atoms with Gasteiger partial charge in [0.2, 0.25) is 0 Å². The minimum atomic E-state index is -0.698. The number of carbonyl (C=O) groups excluding carboxylic acids is 3. The third-order valence-corrected chi connectivity index (χ3v) is 8.00. The van der Waals surface area contributed by atoms with E-state index < -0.39 is 17.8 Å². The van der Waals surface area contributed by atoms with Crippen LogP contribution in [0, 0.1) is 11.3 Å². The topological polar surface area (TPSA) is 124 Å². The summed E-state index contributed by atoms with van der Waals surface area (Å²) in [5, 5.41) is 15.8. The van der Waals surface area contributed by atoms with Crippen LogP contribution in [0.4, 0.5) is 0 Å². The van der Waals surface area contributed by atoms with Gasteiger partial charge in [0.05, 0.1) is 31.1 Å². The van der Waals surface area contributed by atoms with Crippen LogP contribution in [-0.2, 0) is 30.5 Å². The molecule has 0 aliphatic carbocycles. The SMILES string of the molecule is CC(=O)OCCOCCN1C(=O)C(C#N)=C(C)/C(=C\c2cn(-c3ccccc3)nc2-c2ccc(OCc3ccc(Cl)cc3Cl)cc2)C1=O. The fourth-order valence-corrected chi connectivity index (χ4v) is 5.39. The molecular formula is C36H30Cl2N4O6. The quantitative estimate of drug-likeness (QED) is 0.0708. The summed E-state index contributed by atoms with van der Waals surface area (Å²) in [7, 11) is 0. The Morgan fingerprint density at radius 3 is 2.42 bits per heavy atom. The van der Waals surface area contributed by atoms with Crippen molar-refractivity contribution < 1.29 is 28.6 Å². The van der Waals surface area contributed by atoms with Crippen molar-refractivity contribution in [3.05, 3.63) is 117 Å². The molecule has 244 valence electrons. The molecule has 2 heterocycles. The molecule has 5 rings (SSSR count). The number of halogens is 2. The fourth-order valence-electron chi connectivity index (χ4n) is 4.93. The first-order valence-corrected chi connectivity index (χ1v) is 15.6. The summed E-state index contributed by atoms with van der Waals surface area (Å²) >= 11 is 12.3. The van der Waals surface area contributed by atoms with Crippen LogP contribution < -0.4 is 4.74 Å². The number of ether oxygens (including phenoxy) is 3. The van der Waals surface area contributed by atoms with Crippen molar-refractivity contribution in [1.82, 2.24) is 14.7 Å². The van der Waals surface area contributed by atoms with Crippen LogP contribution in [0.1, 0.15) is 25.0 Å². The van der Waals surface area contributed by atoms with Gasteiger partial charge in [-0.25, -0.2) is 4.68 Å². The molecule has 0 saturated carbocycles. The van der Waals surface area contributed by atoms with Gasteiger partial charge >= 0.3 is 5.97 Å². The number of rotatable bonds is 12. The molecule has 12 heteroatoms. The van der Waals surface area contributed by atoms with E-state index in [2.05, 4.69) is 0 Å². The number of nitrogens with zero attached hydrogens (tertiary/aromatic N) is 4. The third-order valence-electron chi connectivity index (χ3n) is 7.42. The lowest BCUT2D eigenvalue weighted by atomic mass is 9.93. The number of carbonyl (C=O) groups is 3. The van der Waals surface area contributed by atoms with Gasteiger partial charge < -0.3 is 14.2 Å². The molecule has 10 nitrogen and oxygen atoms in total. The first-order chi connectivity index (χ1) is 23.2. The monoisotopic (exact) mass is 684 g/mol. The van der Waals surface area contributed by atoms with Gasteiger partial charge in [-0.1, -0.05) is 47.5 Å². The van der Waals surface area contributed by atoms with Crippen molar-refractivity contribution in [2.75, 3.05) is 26.4 Å². The fraction of sp³-hybridized carbons (Fsp3) is 0.194. The van der Waals surface area contributed by atoms with Gasteiger partial charge in [-0.2, -0.15) is 10.4 Å². The van der Waals surface area contributed by atoms with E-state index in [1.54, 1.807) is 36.0 Å². The van der Waals surface area contributed by atoms with E-state index >= 15 is 0 Å². The van der Waals surface area contributed by atoms with E-state index in [0.717, 1.165) is 21.7 Å². The minimum absolute atomic E-state index is 0.000383. The Kier molecular flexibility index (Phi) is 11.1. The maximum atomic E-state index is 13.7. The smallest absolute Gasteiger partial charge is 0.302 e. The number of nitriles is 1. The lowest BCUT2D eigenvalue weighted by Crippen LogP contribution is -2.44. The zero-order valence-electron chi connectivity index (χ0n) is 26.1. The maximum Gasteiger partial charge on any atom is 0.302 e. The van der Waals surface area contributed by atoms with Crippen molar-refractivity contribution >= 4 is 47.1 Å². The molecule has 3 aromatic carbocycles. The van der Waals surface area contributed by atoms with Crippen LogP contribution >= 0.6 is 23.2 Å². The van der Waals surface area contributed by atoms with Crippen LogP contribution in [-0.4, -0.2) is 58.8 Å². The van der Waals surface area contributed by atoms with E-state index in [0.29, 0.717) is 27.1 Å². The second-order valence-corrected chi connectivity index (χ2v) is 11.5. The Bertz CT molecular complexity index is 1950. The summed E-state index contributed by atoms with van der Waals surface area (Å²) < 4.78 is 17.9. The molecule has 1 aliphatic rings. The van der Waals surface area contributed by atoms with Crippen LogP contribution in [0.3, 0.4) is 0 Å². The Morgan fingerprint density at radius 2 is 1.73 bits per heavy atom. The molecule has 0 spiro atoms. The summed E-state index contributed by atoms with van der Waals surface area (Å²) in [5.74, 6) is -1.09. The number of amides is 2. The number of benzene rings is 3. The average molecular weight is 686 g/mol. The predicted octanol–water partition coefficient (Wildman–Crippen LogP) is 6.60. The standard InChI is InChI=1S/C36H30Cl2N4O6/c1-23-31(35(44)41(36(45)32(23)20-39)14-15-46-16-17-47-24(2)43)18-27-21-42(29-6-4-3-5-7-29)40-34(27)25-9-12-30(13-10-25)48-22-26-8-11-28(37)19-33(26)38/h3-13,18-19,21H,14-17,22H2,1-2H3/b31-18+. The highest BCUT2D eigenvalue weighted by molar-refractivity contribution is 6.35. The van der Waals surface area contributed by atoms with Gasteiger partial charge in [-0.15, -0.1) is 0 Å². The molecule has 0 fully saturated rings. The molecule has 4 aromatic rings. The Morgan fingerprint density at radius 1 is 0.979 bits per heavy atom. The van der Waals surface area contributed by atoms with E-state index in [9.17, 15) is 19.6 Å². The Balaban J connectivity index is 1.45. The van der Waals surface area contributed by atoms with Crippen LogP contribution in [0.5, 0.6) is 5.75 Å². The van der Waals surface area contributed by atoms with Crippen LogP contribution in [0.25, 0.3) is 23.0 Å². The van der Waals surface area contributed by atoms with Crippen molar-refractivity contribution in [2.45, 2.75) is 20.5 Å². The number of imide groups is 1. The second kappa shape index (κ2) is 15.6. The zero-order chi connectivity index (χ0) is 34.2. The molecule has 1 aromatic heterocycles. The summed E-state index contributed by atoms with van der Waals surface area (Å²) in [4.78, 5) is 38.8. The van der Waals surface area contributed by atoms with Gasteiger partial charge in [0.1, 0.15) is 30.6 Å². The Labute approximate surface area is 287 Å². The van der Waals surface area contributed by atoms with Crippen molar-refractivity contribution in [3.63, 3.8) is 0 Å². The van der Waals surface area contributed by atoms with E-state index in [1.807, 2.05) is 66.7 Å². The van der Waals surface area contributed by atoms with E-state index in [1.165, 1.54) is 6.92 Å². The highest BCUT2D eigenvalue weighted by Crippen LogP contribution is 2.32. The molecule has 48 heavy (non-hydrogen) atoms. The Hall–Kier alpha value is -5.21.